The molecule has 20 heavy (non-hydrogen) atoms. The maximum atomic E-state index is 11.5. The van der Waals surface area contributed by atoms with Gasteiger partial charge in [-0.3, -0.25) is 0 Å². The standard InChI is InChI=1S/C13H16Cl2N2O3/c1-2-11(12(18)19)17-13(20)16-6-5-8-3-4-9(14)7-10(8)15/h3-4,7,11H,2,5-6H2,1H3,(H,18,19)(H2,16,17,20). The first-order chi connectivity index (χ1) is 9.43. The molecule has 1 rings (SSSR count). The molecule has 0 aromatic heterocycles. The van der Waals surface area contributed by atoms with Gasteiger partial charge < -0.3 is 15.7 Å². The van der Waals surface area contributed by atoms with E-state index in [4.69, 9.17) is 28.3 Å². The fourth-order valence-corrected chi connectivity index (χ4v) is 2.09. The first kappa shape index (κ1) is 16.6. The number of amides is 2. The summed E-state index contributed by atoms with van der Waals surface area (Å²) in [4.78, 5) is 22.3. The predicted molar refractivity (Wildman–Crippen MR) is 78.4 cm³/mol. The van der Waals surface area contributed by atoms with Crippen molar-refractivity contribution in [3.63, 3.8) is 0 Å². The minimum Gasteiger partial charge on any atom is -0.480 e. The molecule has 0 radical (unpaired) electrons. The Kier molecular flexibility index (Phi) is 6.61. The number of hydrogen-bond donors (Lipinski definition) is 3. The van der Waals surface area contributed by atoms with Crippen molar-refractivity contribution in [3.8, 4) is 0 Å². The Morgan fingerprint density at radius 1 is 1.35 bits per heavy atom. The SMILES string of the molecule is CCC(NC(=O)NCCc1ccc(Cl)cc1Cl)C(=O)O. The number of nitrogens with one attached hydrogen (secondary N) is 2. The highest BCUT2D eigenvalue weighted by molar-refractivity contribution is 6.35. The van der Waals surface area contributed by atoms with Gasteiger partial charge in [-0.25, -0.2) is 9.59 Å². The summed E-state index contributed by atoms with van der Waals surface area (Å²) >= 11 is 11.8. The van der Waals surface area contributed by atoms with Crippen LogP contribution in [0, 0.1) is 0 Å². The summed E-state index contributed by atoms with van der Waals surface area (Å²) in [6.07, 6.45) is 0.860. The summed E-state index contributed by atoms with van der Waals surface area (Å²) in [6, 6.07) is 3.76. The van der Waals surface area contributed by atoms with Gasteiger partial charge in [-0.2, -0.15) is 0 Å². The van der Waals surface area contributed by atoms with Crippen LogP contribution in [0.25, 0.3) is 0 Å². The largest absolute Gasteiger partial charge is 0.480 e. The topological polar surface area (TPSA) is 78.4 Å². The lowest BCUT2D eigenvalue weighted by molar-refractivity contribution is -0.139. The fourth-order valence-electron chi connectivity index (χ4n) is 1.58. The van der Waals surface area contributed by atoms with E-state index in [1.54, 1.807) is 25.1 Å². The molecule has 0 aliphatic carbocycles. The molecule has 0 saturated heterocycles. The van der Waals surface area contributed by atoms with Crippen molar-refractivity contribution in [2.24, 2.45) is 0 Å². The van der Waals surface area contributed by atoms with E-state index in [0.717, 1.165) is 5.56 Å². The molecule has 0 aliphatic rings. The molecule has 0 fully saturated rings. The van der Waals surface area contributed by atoms with Gasteiger partial charge in [0.15, 0.2) is 0 Å². The summed E-state index contributed by atoms with van der Waals surface area (Å²) in [5.41, 5.74) is 0.863. The third kappa shape index (κ3) is 5.27. The van der Waals surface area contributed by atoms with Crippen LogP contribution in [0.5, 0.6) is 0 Å². The molecular weight excluding hydrogens is 303 g/mol. The van der Waals surface area contributed by atoms with Gasteiger partial charge in [-0.05, 0) is 30.5 Å². The van der Waals surface area contributed by atoms with Crippen LogP contribution in [-0.2, 0) is 11.2 Å². The zero-order valence-electron chi connectivity index (χ0n) is 11.0. The summed E-state index contributed by atoms with van der Waals surface area (Å²) in [5, 5.41) is 14.9. The van der Waals surface area contributed by atoms with E-state index in [0.29, 0.717) is 29.4 Å². The quantitative estimate of drug-likeness (QED) is 0.754. The molecule has 0 saturated carbocycles. The number of carbonyl (C=O) groups excluding carboxylic acids is 1. The van der Waals surface area contributed by atoms with E-state index in [-0.39, 0.29) is 0 Å². The smallest absolute Gasteiger partial charge is 0.326 e. The Bertz CT molecular complexity index is 495. The number of carboxylic acid groups (broad SMARTS) is 1. The molecule has 7 heteroatoms. The molecule has 0 heterocycles. The lowest BCUT2D eigenvalue weighted by Crippen LogP contribution is -2.46. The van der Waals surface area contributed by atoms with Crippen molar-refractivity contribution in [2.45, 2.75) is 25.8 Å². The van der Waals surface area contributed by atoms with Gasteiger partial charge in [-0.1, -0.05) is 36.2 Å². The van der Waals surface area contributed by atoms with Crippen molar-refractivity contribution in [1.82, 2.24) is 10.6 Å². The molecule has 0 spiro atoms. The van der Waals surface area contributed by atoms with Crippen molar-refractivity contribution in [1.29, 1.82) is 0 Å². The number of carboxylic acids is 1. The van der Waals surface area contributed by atoms with Crippen molar-refractivity contribution < 1.29 is 14.7 Å². The Labute approximate surface area is 127 Å². The van der Waals surface area contributed by atoms with E-state index in [1.807, 2.05) is 0 Å². The predicted octanol–water partition coefficient (Wildman–Crippen LogP) is 2.70. The van der Waals surface area contributed by atoms with E-state index >= 15 is 0 Å². The second-order valence-corrected chi connectivity index (χ2v) is 5.03. The minimum atomic E-state index is -1.05. The zero-order chi connectivity index (χ0) is 15.1. The monoisotopic (exact) mass is 318 g/mol. The molecule has 0 aliphatic heterocycles. The summed E-state index contributed by atoms with van der Waals surface area (Å²) in [6.45, 7) is 2.04. The van der Waals surface area contributed by atoms with Crippen molar-refractivity contribution >= 4 is 35.2 Å². The molecule has 5 nitrogen and oxygen atoms in total. The third-order valence-corrected chi connectivity index (χ3v) is 3.29. The zero-order valence-corrected chi connectivity index (χ0v) is 12.5. The van der Waals surface area contributed by atoms with E-state index in [1.165, 1.54) is 0 Å². The number of halogens is 2. The van der Waals surface area contributed by atoms with Gasteiger partial charge in [-0.15, -0.1) is 0 Å². The van der Waals surface area contributed by atoms with Crippen LogP contribution in [-0.4, -0.2) is 29.7 Å². The average molecular weight is 319 g/mol. The lowest BCUT2D eigenvalue weighted by Gasteiger charge is -2.13. The molecule has 1 unspecified atom stereocenters. The average Bonchev–Trinajstić information content (AvgIpc) is 2.38. The van der Waals surface area contributed by atoms with Crippen molar-refractivity contribution in [2.75, 3.05) is 6.54 Å². The highest BCUT2D eigenvalue weighted by Crippen LogP contribution is 2.20. The van der Waals surface area contributed by atoms with Crippen LogP contribution in [0.15, 0.2) is 18.2 Å². The van der Waals surface area contributed by atoms with Crippen LogP contribution in [0.4, 0.5) is 4.79 Å². The van der Waals surface area contributed by atoms with Crippen LogP contribution in [0.2, 0.25) is 10.0 Å². The lowest BCUT2D eigenvalue weighted by atomic mass is 10.1. The van der Waals surface area contributed by atoms with E-state index < -0.39 is 18.0 Å². The highest BCUT2D eigenvalue weighted by atomic mass is 35.5. The normalized spacial score (nSPS) is 11.8. The molecule has 3 N–H and O–H groups in total. The summed E-state index contributed by atoms with van der Waals surface area (Å²) in [7, 11) is 0. The minimum absolute atomic E-state index is 0.325. The number of urea groups is 1. The van der Waals surface area contributed by atoms with Gasteiger partial charge in [0.05, 0.1) is 0 Å². The maximum absolute atomic E-state index is 11.5. The molecule has 2 amide bonds. The van der Waals surface area contributed by atoms with Crippen LogP contribution in [0.3, 0.4) is 0 Å². The Hall–Kier alpha value is -1.46. The third-order valence-electron chi connectivity index (χ3n) is 2.71. The van der Waals surface area contributed by atoms with Gasteiger partial charge in [0.2, 0.25) is 0 Å². The van der Waals surface area contributed by atoms with E-state index in [2.05, 4.69) is 10.6 Å². The van der Waals surface area contributed by atoms with Gasteiger partial charge in [0.25, 0.3) is 0 Å². The maximum Gasteiger partial charge on any atom is 0.326 e. The number of hydrogen-bond acceptors (Lipinski definition) is 2. The number of carbonyl (C=O) groups is 2. The van der Waals surface area contributed by atoms with Gasteiger partial charge >= 0.3 is 12.0 Å². The molecule has 1 aromatic carbocycles. The fraction of sp³-hybridized carbons (Fsp3) is 0.385. The first-order valence-electron chi connectivity index (χ1n) is 6.15. The van der Waals surface area contributed by atoms with Crippen LogP contribution in [0.1, 0.15) is 18.9 Å². The van der Waals surface area contributed by atoms with Gasteiger partial charge in [0, 0.05) is 16.6 Å². The Balaban J connectivity index is 2.40. The number of aliphatic carboxylic acids is 1. The molecule has 1 aromatic rings. The van der Waals surface area contributed by atoms with E-state index in [9.17, 15) is 9.59 Å². The summed E-state index contributed by atoms with van der Waals surface area (Å²) in [5.74, 6) is -1.05. The number of rotatable bonds is 6. The second kappa shape index (κ2) is 7.97. The molecule has 110 valence electrons. The van der Waals surface area contributed by atoms with Crippen molar-refractivity contribution in [3.05, 3.63) is 33.8 Å². The summed E-state index contributed by atoms with van der Waals surface area (Å²) < 4.78 is 0. The molecular formula is C13H16Cl2N2O3. The second-order valence-electron chi connectivity index (χ2n) is 4.19. The van der Waals surface area contributed by atoms with Crippen LogP contribution < -0.4 is 10.6 Å². The Morgan fingerprint density at radius 3 is 2.60 bits per heavy atom. The first-order valence-corrected chi connectivity index (χ1v) is 6.90. The highest BCUT2D eigenvalue weighted by Gasteiger charge is 2.16. The van der Waals surface area contributed by atoms with Gasteiger partial charge in [0.1, 0.15) is 6.04 Å². The Morgan fingerprint density at radius 2 is 2.05 bits per heavy atom. The molecule has 0 bridgehead atoms. The number of benzene rings is 1. The molecule has 1 atom stereocenters. The van der Waals surface area contributed by atoms with Crippen LogP contribution >= 0.6 is 23.2 Å².